The molecule has 0 amide bonds. The SMILES string of the molecule is CCOC(=O)Cc1ccc(Br)c(I)c1. The molecule has 0 bridgehead atoms. The van der Waals surface area contributed by atoms with Crippen molar-refractivity contribution in [2.24, 2.45) is 0 Å². The van der Waals surface area contributed by atoms with Gasteiger partial charge in [0.2, 0.25) is 0 Å². The van der Waals surface area contributed by atoms with Crippen molar-refractivity contribution in [1.29, 1.82) is 0 Å². The number of carbonyl (C=O) groups excluding carboxylic acids is 1. The summed E-state index contributed by atoms with van der Waals surface area (Å²) in [5, 5.41) is 0. The molecular weight excluding hydrogens is 359 g/mol. The van der Waals surface area contributed by atoms with Crippen LogP contribution in [0.5, 0.6) is 0 Å². The Morgan fingerprint density at radius 2 is 2.29 bits per heavy atom. The van der Waals surface area contributed by atoms with E-state index in [4.69, 9.17) is 4.74 Å². The Hall–Kier alpha value is -0.100. The minimum Gasteiger partial charge on any atom is -0.466 e. The lowest BCUT2D eigenvalue weighted by Crippen LogP contribution is -2.07. The van der Waals surface area contributed by atoms with Crippen LogP contribution < -0.4 is 0 Å². The van der Waals surface area contributed by atoms with Gasteiger partial charge in [0.25, 0.3) is 0 Å². The Kier molecular flexibility index (Phi) is 4.88. The zero-order chi connectivity index (χ0) is 10.6. The van der Waals surface area contributed by atoms with Crippen molar-refractivity contribution in [3.63, 3.8) is 0 Å². The van der Waals surface area contributed by atoms with Gasteiger partial charge in [-0.2, -0.15) is 0 Å². The molecule has 1 aromatic rings. The summed E-state index contributed by atoms with van der Waals surface area (Å²) in [4.78, 5) is 11.2. The van der Waals surface area contributed by atoms with Crippen LogP contribution in [0.3, 0.4) is 0 Å². The van der Waals surface area contributed by atoms with E-state index in [9.17, 15) is 4.79 Å². The summed E-state index contributed by atoms with van der Waals surface area (Å²) in [6.07, 6.45) is 0.344. The number of rotatable bonds is 3. The zero-order valence-corrected chi connectivity index (χ0v) is 11.5. The highest BCUT2D eigenvalue weighted by Gasteiger charge is 2.05. The fourth-order valence-corrected chi connectivity index (χ4v) is 1.85. The first kappa shape index (κ1) is 12.0. The predicted octanol–water partition coefficient (Wildman–Crippen LogP) is 3.16. The van der Waals surface area contributed by atoms with Gasteiger partial charge >= 0.3 is 5.97 Å². The highest BCUT2D eigenvalue weighted by atomic mass is 127. The molecule has 0 aliphatic carbocycles. The largest absolute Gasteiger partial charge is 0.466 e. The summed E-state index contributed by atoms with van der Waals surface area (Å²) in [6, 6.07) is 5.83. The second-order valence-electron chi connectivity index (χ2n) is 2.73. The maximum atomic E-state index is 11.2. The molecule has 0 N–H and O–H groups in total. The van der Waals surface area contributed by atoms with Crippen LogP contribution in [-0.2, 0) is 16.0 Å². The smallest absolute Gasteiger partial charge is 0.310 e. The van der Waals surface area contributed by atoms with Crippen LogP contribution in [0, 0.1) is 3.57 Å². The summed E-state index contributed by atoms with van der Waals surface area (Å²) in [7, 11) is 0. The molecular formula is C10H10BrIO2. The van der Waals surface area contributed by atoms with E-state index in [0.29, 0.717) is 13.0 Å². The lowest BCUT2D eigenvalue weighted by atomic mass is 10.2. The fourth-order valence-electron chi connectivity index (χ4n) is 1.03. The number of halogens is 2. The van der Waals surface area contributed by atoms with Crippen molar-refractivity contribution >= 4 is 44.5 Å². The first-order valence-electron chi connectivity index (χ1n) is 4.23. The molecule has 0 heterocycles. The third-order valence-corrected chi connectivity index (χ3v) is 3.96. The molecule has 0 aliphatic heterocycles. The van der Waals surface area contributed by atoms with Crippen molar-refractivity contribution in [2.75, 3.05) is 6.61 Å². The Bertz CT molecular complexity index is 339. The first-order chi connectivity index (χ1) is 6.63. The number of esters is 1. The van der Waals surface area contributed by atoms with Gasteiger partial charge in [0.05, 0.1) is 13.0 Å². The van der Waals surface area contributed by atoms with Crippen LogP contribution in [0.2, 0.25) is 0 Å². The highest BCUT2D eigenvalue weighted by Crippen LogP contribution is 2.20. The van der Waals surface area contributed by atoms with Gasteiger partial charge in [-0.25, -0.2) is 0 Å². The van der Waals surface area contributed by atoms with Crippen LogP contribution in [0.4, 0.5) is 0 Å². The second-order valence-corrected chi connectivity index (χ2v) is 4.75. The van der Waals surface area contributed by atoms with Gasteiger partial charge in [-0.1, -0.05) is 6.07 Å². The second kappa shape index (κ2) is 5.70. The molecule has 0 saturated carbocycles. The highest BCUT2D eigenvalue weighted by molar-refractivity contribution is 14.1. The van der Waals surface area contributed by atoms with E-state index in [1.165, 1.54) is 0 Å². The fraction of sp³-hybridized carbons (Fsp3) is 0.300. The first-order valence-corrected chi connectivity index (χ1v) is 6.10. The van der Waals surface area contributed by atoms with Gasteiger partial charge in [0.1, 0.15) is 0 Å². The molecule has 4 heteroatoms. The van der Waals surface area contributed by atoms with Crippen molar-refractivity contribution < 1.29 is 9.53 Å². The molecule has 76 valence electrons. The van der Waals surface area contributed by atoms with Gasteiger partial charge in [0, 0.05) is 8.04 Å². The number of ether oxygens (including phenoxy) is 1. The quantitative estimate of drug-likeness (QED) is 0.605. The normalized spacial score (nSPS) is 9.93. The van der Waals surface area contributed by atoms with Crippen LogP contribution in [0.15, 0.2) is 22.7 Å². The summed E-state index contributed by atoms with van der Waals surface area (Å²) in [5.41, 5.74) is 0.982. The minimum absolute atomic E-state index is 0.175. The van der Waals surface area contributed by atoms with Crippen LogP contribution in [0.25, 0.3) is 0 Å². The lowest BCUT2D eigenvalue weighted by molar-refractivity contribution is -0.142. The molecule has 1 aromatic carbocycles. The molecule has 0 saturated heterocycles. The molecule has 0 spiro atoms. The van der Waals surface area contributed by atoms with E-state index in [0.717, 1.165) is 13.6 Å². The van der Waals surface area contributed by atoms with Crippen molar-refractivity contribution in [3.8, 4) is 0 Å². The molecule has 0 unspecified atom stereocenters. The summed E-state index contributed by atoms with van der Waals surface area (Å²) < 4.78 is 7.01. The molecule has 0 fully saturated rings. The number of benzene rings is 1. The van der Waals surface area contributed by atoms with Crippen molar-refractivity contribution in [1.82, 2.24) is 0 Å². The van der Waals surface area contributed by atoms with E-state index >= 15 is 0 Å². The molecule has 1 rings (SSSR count). The third-order valence-electron chi connectivity index (χ3n) is 1.64. The summed E-state index contributed by atoms with van der Waals surface area (Å²) in [6.45, 7) is 2.25. The molecule has 0 aliphatic rings. The summed E-state index contributed by atoms with van der Waals surface area (Å²) in [5.74, 6) is -0.175. The maximum Gasteiger partial charge on any atom is 0.310 e. The van der Waals surface area contributed by atoms with Gasteiger partial charge in [-0.3, -0.25) is 4.79 Å². The minimum atomic E-state index is -0.175. The van der Waals surface area contributed by atoms with Gasteiger partial charge < -0.3 is 4.74 Å². The van der Waals surface area contributed by atoms with E-state index in [1.807, 2.05) is 25.1 Å². The predicted molar refractivity (Wildman–Crippen MR) is 67.2 cm³/mol. The van der Waals surface area contributed by atoms with Crippen molar-refractivity contribution in [2.45, 2.75) is 13.3 Å². The number of hydrogen-bond acceptors (Lipinski definition) is 2. The molecule has 0 atom stereocenters. The number of hydrogen-bond donors (Lipinski definition) is 0. The molecule has 2 nitrogen and oxygen atoms in total. The maximum absolute atomic E-state index is 11.2. The molecule has 14 heavy (non-hydrogen) atoms. The lowest BCUT2D eigenvalue weighted by Gasteiger charge is -2.03. The van der Waals surface area contributed by atoms with Crippen LogP contribution in [-0.4, -0.2) is 12.6 Å². The Morgan fingerprint density at radius 1 is 1.57 bits per heavy atom. The average Bonchev–Trinajstić information content (AvgIpc) is 2.12. The van der Waals surface area contributed by atoms with Gasteiger partial charge in [-0.15, -0.1) is 0 Å². The topological polar surface area (TPSA) is 26.3 Å². The molecule has 0 radical (unpaired) electrons. The van der Waals surface area contributed by atoms with E-state index in [2.05, 4.69) is 38.5 Å². The summed E-state index contributed by atoms with van der Waals surface area (Å²) >= 11 is 5.62. The molecule has 0 aromatic heterocycles. The van der Waals surface area contributed by atoms with E-state index in [1.54, 1.807) is 0 Å². The Morgan fingerprint density at radius 3 is 2.86 bits per heavy atom. The zero-order valence-electron chi connectivity index (χ0n) is 7.72. The number of carbonyl (C=O) groups is 1. The van der Waals surface area contributed by atoms with Crippen molar-refractivity contribution in [3.05, 3.63) is 31.8 Å². The van der Waals surface area contributed by atoms with E-state index < -0.39 is 0 Å². The van der Waals surface area contributed by atoms with Gasteiger partial charge in [-0.05, 0) is 63.1 Å². The third kappa shape index (κ3) is 3.57. The van der Waals surface area contributed by atoms with Gasteiger partial charge in [0.15, 0.2) is 0 Å². The Labute approximate surface area is 105 Å². The Balaban J connectivity index is 2.68. The monoisotopic (exact) mass is 368 g/mol. The standard InChI is InChI=1S/C10H10BrIO2/c1-2-14-10(13)6-7-3-4-8(11)9(12)5-7/h3-5H,2,6H2,1H3. The van der Waals surface area contributed by atoms with E-state index in [-0.39, 0.29) is 5.97 Å². The average molecular weight is 369 g/mol. The van der Waals surface area contributed by atoms with Crippen LogP contribution in [0.1, 0.15) is 12.5 Å². The van der Waals surface area contributed by atoms with Crippen LogP contribution >= 0.6 is 38.5 Å².